The van der Waals surface area contributed by atoms with E-state index >= 15 is 0 Å². The topological polar surface area (TPSA) is 75.6 Å². The van der Waals surface area contributed by atoms with Crippen molar-refractivity contribution in [2.75, 3.05) is 19.8 Å². The largest absolute Gasteiger partial charge is 0.481 e. The van der Waals surface area contributed by atoms with E-state index in [1.54, 1.807) is 0 Å². The van der Waals surface area contributed by atoms with Gasteiger partial charge < -0.3 is 15.2 Å². The maximum atomic E-state index is 14.2. The Kier molecular flexibility index (Phi) is 5.55. The summed E-state index contributed by atoms with van der Waals surface area (Å²) < 4.78 is 33.7. The Labute approximate surface area is 150 Å². The van der Waals surface area contributed by atoms with Gasteiger partial charge in [-0.05, 0) is 43.7 Å². The van der Waals surface area contributed by atoms with Gasteiger partial charge in [-0.3, -0.25) is 9.59 Å². The third kappa shape index (κ3) is 3.45. The molecule has 1 heterocycles. The highest BCUT2D eigenvalue weighted by atomic mass is 19.1. The van der Waals surface area contributed by atoms with E-state index in [0.29, 0.717) is 45.3 Å². The van der Waals surface area contributed by atoms with Gasteiger partial charge in [0.05, 0.1) is 11.3 Å². The van der Waals surface area contributed by atoms with Crippen LogP contribution < -0.4 is 5.32 Å². The van der Waals surface area contributed by atoms with Crippen molar-refractivity contribution in [2.45, 2.75) is 37.5 Å². The van der Waals surface area contributed by atoms with Crippen LogP contribution in [0.3, 0.4) is 0 Å². The number of carboxylic acid groups (broad SMARTS) is 1. The van der Waals surface area contributed by atoms with Crippen molar-refractivity contribution < 1.29 is 28.2 Å². The van der Waals surface area contributed by atoms with Crippen molar-refractivity contribution in [3.8, 4) is 0 Å². The van der Waals surface area contributed by atoms with Crippen LogP contribution in [0.1, 0.15) is 37.7 Å². The SMILES string of the molecule is O=C(O)C(CNC(=O)C1(c2c(F)cccc2F)CCC1)C1CCOCC1. The third-order valence-corrected chi connectivity index (χ3v) is 5.72. The first kappa shape index (κ1) is 18.8. The molecule has 0 bridgehead atoms. The Bertz CT molecular complexity index is 664. The van der Waals surface area contributed by atoms with Crippen molar-refractivity contribution in [3.63, 3.8) is 0 Å². The van der Waals surface area contributed by atoms with Crippen LogP contribution in [0.2, 0.25) is 0 Å². The highest BCUT2D eigenvalue weighted by Crippen LogP contribution is 2.46. The van der Waals surface area contributed by atoms with Crippen LogP contribution in [-0.2, 0) is 19.7 Å². The van der Waals surface area contributed by atoms with Gasteiger partial charge in [0.1, 0.15) is 11.6 Å². The molecule has 1 aromatic carbocycles. The minimum atomic E-state index is -1.24. The number of benzene rings is 1. The Hall–Kier alpha value is -2.02. The van der Waals surface area contributed by atoms with Crippen LogP contribution in [0, 0.1) is 23.5 Å². The minimum absolute atomic E-state index is 0.0450. The summed E-state index contributed by atoms with van der Waals surface area (Å²) in [6, 6.07) is 3.56. The molecule has 1 aromatic rings. The summed E-state index contributed by atoms with van der Waals surface area (Å²) in [4.78, 5) is 24.4. The predicted octanol–water partition coefficient (Wildman–Crippen LogP) is 2.63. The Balaban J connectivity index is 1.74. The maximum Gasteiger partial charge on any atom is 0.308 e. The van der Waals surface area contributed by atoms with Gasteiger partial charge in [0.15, 0.2) is 0 Å². The molecule has 1 aliphatic heterocycles. The number of nitrogens with one attached hydrogen (secondary N) is 1. The van der Waals surface area contributed by atoms with E-state index in [1.165, 1.54) is 6.07 Å². The lowest BCUT2D eigenvalue weighted by atomic mass is 9.63. The number of aliphatic carboxylic acids is 1. The van der Waals surface area contributed by atoms with E-state index in [2.05, 4.69) is 5.32 Å². The molecule has 26 heavy (non-hydrogen) atoms. The zero-order chi connectivity index (χ0) is 18.7. The van der Waals surface area contributed by atoms with Gasteiger partial charge in [-0.1, -0.05) is 12.5 Å². The first-order valence-corrected chi connectivity index (χ1v) is 8.99. The monoisotopic (exact) mass is 367 g/mol. The molecule has 0 aromatic heterocycles. The quantitative estimate of drug-likeness (QED) is 0.811. The van der Waals surface area contributed by atoms with Gasteiger partial charge in [-0.25, -0.2) is 8.78 Å². The summed E-state index contributed by atoms with van der Waals surface area (Å²) in [6.45, 7) is 0.968. The summed E-state index contributed by atoms with van der Waals surface area (Å²) in [5.74, 6) is -3.75. The third-order valence-electron chi connectivity index (χ3n) is 5.72. The fourth-order valence-electron chi connectivity index (χ4n) is 4.02. The molecule has 2 N–H and O–H groups in total. The summed E-state index contributed by atoms with van der Waals surface area (Å²) >= 11 is 0. The highest BCUT2D eigenvalue weighted by molar-refractivity contribution is 5.89. The van der Waals surface area contributed by atoms with Crippen molar-refractivity contribution >= 4 is 11.9 Å². The summed E-state index contributed by atoms with van der Waals surface area (Å²) in [7, 11) is 0. The van der Waals surface area contributed by atoms with Gasteiger partial charge >= 0.3 is 5.97 Å². The number of hydrogen-bond donors (Lipinski definition) is 2. The second kappa shape index (κ2) is 7.70. The zero-order valence-electron chi connectivity index (χ0n) is 14.5. The average Bonchev–Trinajstić information content (AvgIpc) is 2.57. The Morgan fingerprint density at radius 1 is 1.23 bits per heavy atom. The predicted molar refractivity (Wildman–Crippen MR) is 89.6 cm³/mol. The zero-order valence-corrected chi connectivity index (χ0v) is 14.5. The molecule has 1 saturated carbocycles. The molecule has 2 fully saturated rings. The van der Waals surface area contributed by atoms with Crippen molar-refractivity contribution in [1.82, 2.24) is 5.32 Å². The number of ether oxygens (including phenoxy) is 1. The normalized spacial score (nSPS) is 20.8. The van der Waals surface area contributed by atoms with Crippen LogP contribution in [0.15, 0.2) is 18.2 Å². The van der Waals surface area contributed by atoms with Gasteiger partial charge in [0.25, 0.3) is 0 Å². The molecule has 1 aliphatic carbocycles. The fraction of sp³-hybridized carbons (Fsp3) is 0.579. The van der Waals surface area contributed by atoms with Crippen LogP contribution in [-0.4, -0.2) is 36.7 Å². The van der Waals surface area contributed by atoms with Gasteiger partial charge in [-0.2, -0.15) is 0 Å². The van der Waals surface area contributed by atoms with E-state index in [0.717, 1.165) is 12.1 Å². The van der Waals surface area contributed by atoms with Crippen molar-refractivity contribution in [2.24, 2.45) is 11.8 Å². The number of rotatable bonds is 6. The van der Waals surface area contributed by atoms with Crippen molar-refractivity contribution in [1.29, 1.82) is 0 Å². The number of carbonyl (C=O) groups excluding carboxylic acids is 1. The van der Waals surface area contributed by atoms with E-state index in [9.17, 15) is 23.5 Å². The minimum Gasteiger partial charge on any atom is -0.481 e. The van der Waals surface area contributed by atoms with Crippen LogP contribution in [0.5, 0.6) is 0 Å². The highest BCUT2D eigenvalue weighted by Gasteiger charge is 2.49. The van der Waals surface area contributed by atoms with Gasteiger partial charge in [0.2, 0.25) is 5.91 Å². The molecule has 0 radical (unpaired) electrons. The number of carbonyl (C=O) groups is 2. The maximum absolute atomic E-state index is 14.2. The van der Waals surface area contributed by atoms with Crippen LogP contribution >= 0.6 is 0 Å². The smallest absolute Gasteiger partial charge is 0.308 e. The van der Waals surface area contributed by atoms with Gasteiger partial charge in [-0.15, -0.1) is 0 Å². The number of hydrogen-bond acceptors (Lipinski definition) is 3. The molecular formula is C19H23F2NO4. The molecule has 7 heteroatoms. The summed E-state index contributed by atoms with van der Waals surface area (Å²) in [5.41, 5.74) is -1.45. The molecule has 2 aliphatic rings. The average molecular weight is 367 g/mol. The number of halogens is 2. The summed E-state index contributed by atoms with van der Waals surface area (Å²) in [6.07, 6.45) is 2.65. The molecule has 1 atom stereocenters. The van der Waals surface area contributed by atoms with E-state index < -0.39 is 34.8 Å². The van der Waals surface area contributed by atoms with Crippen molar-refractivity contribution in [3.05, 3.63) is 35.4 Å². The van der Waals surface area contributed by atoms with E-state index in [-0.39, 0.29) is 18.0 Å². The lowest BCUT2D eigenvalue weighted by Gasteiger charge is -2.41. The lowest BCUT2D eigenvalue weighted by Crippen LogP contribution is -2.52. The Morgan fingerprint density at radius 2 is 1.85 bits per heavy atom. The number of carboxylic acids is 1. The molecular weight excluding hydrogens is 344 g/mol. The summed E-state index contributed by atoms with van der Waals surface area (Å²) in [5, 5.41) is 12.2. The van der Waals surface area contributed by atoms with E-state index in [4.69, 9.17) is 4.74 Å². The first-order chi connectivity index (χ1) is 12.5. The molecule has 5 nitrogen and oxygen atoms in total. The van der Waals surface area contributed by atoms with Crippen LogP contribution in [0.25, 0.3) is 0 Å². The first-order valence-electron chi connectivity index (χ1n) is 8.99. The second-order valence-corrected chi connectivity index (χ2v) is 7.14. The van der Waals surface area contributed by atoms with Crippen LogP contribution in [0.4, 0.5) is 8.78 Å². The molecule has 1 amide bonds. The van der Waals surface area contributed by atoms with Gasteiger partial charge in [0, 0.05) is 25.3 Å². The molecule has 3 rings (SSSR count). The number of amides is 1. The molecule has 1 unspecified atom stereocenters. The fourth-order valence-corrected chi connectivity index (χ4v) is 4.02. The molecule has 142 valence electrons. The molecule has 0 spiro atoms. The Morgan fingerprint density at radius 3 is 2.35 bits per heavy atom. The second-order valence-electron chi connectivity index (χ2n) is 7.14. The van der Waals surface area contributed by atoms with E-state index in [1.807, 2.05) is 0 Å². The lowest BCUT2D eigenvalue weighted by molar-refractivity contribution is -0.145. The molecule has 1 saturated heterocycles. The standard InChI is InChI=1S/C19H23F2NO4/c20-14-3-1-4-15(21)16(14)19(7-2-8-19)18(25)22-11-13(17(23)24)12-5-9-26-10-6-12/h1,3-4,12-13H,2,5-11H2,(H,22,25)(H,23,24).